The van der Waals surface area contributed by atoms with E-state index in [1.807, 2.05) is 29.2 Å². The van der Waals surface area contributed by atoms with Crippen molar-refractivity contribution in [2.75, 3.05) is 25.7 Å². The molecule has 0 unspecified atom stereocenters. The van der Waals surface area contributed by atoms with E-state index in [0.29, 0.717) is 0 Å². The summed E-state index contributed by atoms with van der Waals surface area (Å²) in [4.78, 5) is 26.6. The van der Waals surface area contributed by atoms with Gasteiger partial charge in [-0.15, -0.1) is 0 Å². The first kappa shape index (κ1) is 20.2. The van der Waals surface area contributed by atoms with Gasteiger partial charge in [-0.25, -0.2) is 5.84 Å². The number of hydrogen-bond acceptors (Lipinski definition) is 6. The number of rotatable bonds is 7. The van der Waals surface area contributed by atoms with E-state index in [1.54, 1.807) is 28.1 Å². The first-order valence-corrected chi connectivity index (χ1v) is 8.59. The van der Waals surface area contributed by atoms with Crippen LogP contribution in [0.1, 0.15) is 38.5 Å². The highest BCUT2D eigenvalue weighted by molar-refractivity contribution is 5.93. The summed E-state index contributed by atoms with van der Waals surface area (Å²) in [7, 11) is 3.17. The third-order valence-electron chi connectivity index (χ3n) is 4.61. The molecule has 26 heavy (non-hydrogen) atoms. The average Bonchev–Trinajstić information content (AvgIpc) is 3.12. The zero-order valence-corrected chi connectivity index (χ0v) is 15.7. The molecule has 1 aliphatic rings. The van der Waals surface area contributed by atoms with Crippen LogP contribution in [0.3, 0.4) is 0 Å². The Morgan fingerprint density at radius 3 is 2.38 bits per heavy atom. The largest absolute Gasteiger partial charge is 0.360 e. The highest BCUT2D eigenvalue weighted by atomic mass is 16.7. The number of ether oxygens (including phenoxy) is 2. The van der Waals surface area contributed by atoms with Crippen LogP contribution in [0.5, 0.6) is 0 Å². The number of nitrogens with zero attached hydrogens (tertiary/aromatic N) is 1. The van der Waals surface area contributed by atoms with Crippen molar-refractivity contribution < 1.29 is 19.1 Å². The summed E-state index contributed by atoms with van der Waals surface area (Å²) >= 11 is 0. The third-order valence-corrected chi connectivity index (χ3v) is 4.61. The number of nitrogens with one attached hydrogen (secondary N) is 2. The molecule has 1 atom stereocenters. The molecule has 4 N–H and O–H groups in total. The van der Waals surface area contributed by atoms with Crippen LogP contribution < -0.4 is 21.5 Å². The molecule has 0 bridgehead atoms. The first-order chi connectivity index (χ1) is 12.3. The number of benzene rings is 1. The number of hydrazine groups is 1. The van der Waals surface area contributed by atoms with Crippen molar-refractivity contribution in [2.45, 2.75) is 44.6 Å². The third kappa shape index (κ3) is 4.32. The van der Waals surface area contributed by atoms with E-state index in [-0.39, 0.29) is 11.9 Å². The van der Waals surface area contributed by atoms with Crippen LogP contribution in [-0.4, -0.2) is 44.2 Å². The van der Waals surface area contributed by atoms with Crippen LogP contribution >= 0.6 is 0 Å². The molecule has 2 amide bonds. The van der Waals surface area contributed by atoms with E-state index in [2.05, 4.69) is 10.7 Å². The summed E-state index contributed by atoms with van der Waals surface area (Å²) in [6.07, 6.45) is 1.21. The number of carbonyl (C=O) groups is 2. The Kier molecular flexibility index (Phi) is 6.57. The summed E-state index contributed by atoms with van der Waals surface area (Å²) in [6, 6.07) is 7.41. The van der Waals surface area contributed by atoms with Crippen LogP contribution in [0.15, 0.2) is 24.3 Å². The molecular weight excluding hydrogens is 336 g/mol. The van der Waals surface area contributed by atoms with Crippen LogP contribution in [0.2, 0.25) is 0 Å². The lowest BCUT2D eigenvalue weighted by Crippen LogP contribution is -2.59. The fraction of sp³-hybridized carbons (Fsp3) is 0.556. The molecule has 0 saturated carbocycles. The number of anilines is 1. The van der Waals surface area contributed by atoms with Crippen molar-refractivity contribution in [2.24, 2.45) is 5.84 Å². The summed E-state index contributed by atoms with van der Waals surface area (Å²) in [5.74, 6) is 4.56. The molecule has 1 aromatic carbocycles. The van der Waals surface area contributed by atoms with E-state index in [4.69, 9.17) is 15.3 Å². The second-order valence-electron chi connectivity index (χ2n) is 6.83. The molecule has 1 fully saturated rings. The number of nitrogens with two attached hydrogens (primary N) is 1. The Bertz CT molecular complexity index is 629. The first-order valence-electron chi connectivity index (χ1n) is 8.59. The van der Waals surface area contributed by atoms with Crippen molar-refractivity contribution in [3.8, 4) is 0 Å². The zero-order valence-electron chi connectivity index (χ0n) is 15.7. The molecule has 1 heterocycles. The lowest BCUT2D eigenvalue weighted by molar-refractivity contribution is -0.132. The minimum atomic E-state index is -1.08. The van der Waals surface area contributed by atoms with Crippen LogP contribution in [0, 0.1) is 0 Å². The highest BCUT2D eigenvalue weighted by Crippen LogP contribution is 2.28. The maximum absolute atomic E-state index is 12.7. The molecule has 8 nitrogen and oxygen atoms in total. The summed E-state index contributed by atoms with van der Waals surface area (Å²) in [5, 5.41) is 2.78. The van der Waals surface area contributed by atoms with Crippen molar-refractivity contribution in [1.29, 1.82) is 0 Å². The number of carbonyl (C=O) groups excluding carboxylic acids is 2. The van der Waals surface area contributed by atoms with E-state index in [0.717, 1.165) is 30.6 Å². The van der Waals surface area contributed by atoms with Crippen LogP contribution in [0.25, 0.3) is 0 Å². The Morgan fingerprint density at radius 1 is 1.23 bits per heavy atom. The molecule has 1 aromatic rings. The zero-order chi connectivity index (χ0) is 19.3. The lowest BCUT2D eigenvalue weighted by atomic mass is 10.0. The van der Waals surface area contributed by atoms with Gasteiger partial charge in [0.15, 0.2) is 6.29 Å². The lowest BCUT2D eigenvalue weighted by Gasteiger charge is -2.30. The quantitative estimate of drug-likeness (QED) is 0.286. The van der Waals surface area contributed by atoms with Gasteiger partial charge in [0.05, 0.1) is 0 Å². The van der Waals surface area contributed by atoms with Gasteiger partial charge in [0.2, 0.25) is 5.91 Å². The van der Waals surface area contributed by atoms with Crippen LogP contribution in [0.4, 0.5) is 5.69 Å². The molecule has 0 spiro atoms. The fourth-order valence-corrected chi connectivity index (χ4v) is 3.17. The molecule has 0 radical (unpaired) electrons. The molecule has 144 valence electrons. The van der Waals surface area contributed by atoms with Gasteiger partial charge in [0.25, 0.3) is 5.91 Å². The van der Waals surface area contributed by atoms with Gasteiger partial charge >= 0.3 is 0 Å². The van der Waals surface area contributed by atoms with Gasteiger partial charge in [-0.3, -0.25) is 15.0 Å². The smallest absolute Gasteiger partial charge is 0.259 e. The van der Waals surface area contributed by atoms with Gasteiger partial charge < -0.3 is 19.7 Å². The van der Waals surface area contributed by atoms with E-state index in [9.17, 15) is 9.59 Å². The molecule has 0 aromatic heterocycles. The minimum Gasteiger partial charge on any atom is -0.360 e. The predicted molar refractivity (Wildman–Crippen MR) is 98.1 cm³/mol. The van der Waals surface area contributed by atoms with E-state index in [1.165, 1.54) is 0 Å². The van der Waals surface area contributed by atoms with Crippen molar-refractivity contribution in [3.05, 3.63) is 29.8 Å². The topological polar surface area (TPSA) is 106 Å². The molecule has 1 saturated heterocycles. The van der Waals surface area contributed by atoms with Gasteiger partial charge in [0.1, 0.15) is 11.6 Å². The summed E-state index contributed by atoms with van der Waals surface area (Å²) in [6.45, 7) is 4.02. The highest BCUT2D eigenvalue weighted by Gasteiger charge is 2.36. The average molecular weight is 364 g/mol. The van der Waals surface area contributed by atoms with E-state index < -0.39 is 17.7 Å². The SMILES string of the molecule is COC(OC)c1ccc(N2CCC[C@H]2C(=O)NC(C)(C)C(=O)NN)cc1. The summed E-state index contributed by atoms with van der Waals surface area (Å²) in [5.41, 5.74) is 2.85. The van der Waals surface area contributed by atoms with E-state index >= 15 is 0 Å². The Morgan fingerprint density at radius 2 is 1.85 bits per heavy atom. The van der Waals surface area contributed by atoms with Crippen molar-refractivity contribution >= 4 is 17.5 Å². The number of amides is 2. The normalized spacial score (nSPS) is 17.5. The standard InChI is InChI=1S/C18H28N4O4/c1-18(2,17(24)21-19)20-15(23)14-6-5-11-22(14)13-9-7-12(8-10-13)16(25-3)26-4/h7-10,14,16H,5-6,11,19H2,1-4H3,(H,20,23)(H,21,24)/t14-/m0/s1. The molecule has 8 heteroatoms. The van der Waals surface area contributed by atoms with Crippen LogP contribution in [-0.2, 0) is 19.1 Å². The Balaban J connectivity index is 2.12. The predicted octanol–water partition coefficient (Wildman–Crippen LogP) is 0.832. The van der Waals surface area contributed by atoms with Gasteiger partial charge in [-0.2, -0.15) is 0 Å². The Hall–Kier alpha value is -2.16. The Labute approximate surface area is 154 Å². The molecule has 2 rings (SSSR count). The maximum atomic E-state index is 12.7. The molecular formula is C18H28N4O4. The second kappa shape index (κ2) is 8.48. The monoisotopic (exact) mass is 364 g/mol. The minimum absolute atomic E-state index is 0.188. The molecule has 0 aliphatic carbocycles. The number of methoxy groups -OCH3 is 2. The number of hydrogen-bond donors (Lipinski definition) is 3. The maximum Gasteiger partial charge on any atom is 0.259 e. The van der Waals surface area contributed by atoms with Gasteiger partial charge in [-0.05, 0) is 38.8 Å². The van der Waals surface area contributed by atoms with Crippen molar-refractivity contribution in [3.63, 3.8) is 0 Å². The molecule has 1 aliphatic heterocycles. The fourth-order valence-electron chi connectivity index (χ4n) is 3.17. The van der Waals surface area contributed by atoms with Gasteiger partial charge in [0, 0.05) is 32.0 Å². The summed E-state index contributed by atoms with van der Waals surface area (Å²) < 4.78 is 10.5. The van der Waals surface area contributed by atoms with Crippen molar-refractivity contribution in [1.82, 2.24) is 10.7 Å². The van der Waals surface area contributed by atoms with Gasteiger partial charge in [-0.1, -0.05) is 12.1 Å². The second-order valence-corrected chi connectivity index (χ2v) is 6.83.